The summed E-state index contributed by atoms with van der Waals surface area (Å²) in [5.74, 6) is 0. The van der Waals surface area contributed by atoms with Crippen molar-refractivity contribution in [3.63, 3.8) is 0 Å². The van der Waals surface area contributed by atoms with E-state index in [0.717, 1.165) is 49.4 Å². The van der Waals surface area contributed by atoms with Crippen molar-refractivity contribution in [2.75, 3.05) is 0 Å². The second-order valence-corrected chi connectivity index (χ2v) is 16.8. The van der Waals surface area contributed by atoms with Gasteiger partial charge in [-0.3, -0.25) is 0 Å². The van der Waals surface area contributed by atoms with Crippen LogP contribution in [-0.4, -0.2) is 0 Å². The van der Waals surface area contributed by atoms with E-state index in [-0.39, 0.29) is 5.41 Å². The van der Waals surface area contributed by atoms with E-state index in [4.69, 9.17) is 8.83 Å². The molecule has 13 rings (SSSR count). The highest BCUT2D eigenvalue weighted by Crippen LogP contribution is 2.50. The minimum Gasteiger partial charge on any atom is -0.456 e. The lowest BCUT2D eigenvalue weighted by molar-refractivity contribution is 0.660. The van der Waals surface area contributed by atoms with Crippen LogP contribution in [0.25, 0.3) is 121 Å². The summed E-state index contributed by atoms with van der Waals surface area (Å²) < 4.78 is 13.1. The second kappa shape index (κ2) is 11.8. The Balaban J connectivity index is 0.883. The zero-order valence-electron chi connectivity index (χ0n) is 32.6. The average molecular weight is 753 g/mol. The van der Waals surface area contributed by atoms with Crippen molar-refractivity contribution in [3.8, 4) is 44.5 Å². The summed E-state index contributed by atoms with van der Waals surface area (Å²) >= 11 is 0. The predicted octanol–water partition coefficient (Wildman–Crippen LogP) is 16.3. The molecule has 0 spiro atoms. The standard InChI is InChI=1S/C57H36O2/c1-57(2)51-17-8-7-16-44(51)45-23-19-38(30-52(45)57)37-21-25-54-48(29-37)50-32-55-49(31-56(50)59-54)47-28-36(20-24-53(47)58-55)34-11-9-10-33(26-34)35-18-22-43-41-14-4-3-12-39(41)40-13-5-6-15-42(40)46(43)27-35/h3-32H,1-2H3. The van der Waals surface area contributed by atoms with E-state index in [0.29, 0.717) is 0 Å². The zero-order valence-corrected chi connectivity index (χ0v) is 32.6. The highest BCUT2D eigenvalue weighted by molar-refractivity contribution is 6.26. The Kier molecular flexibility index (Phi) is 6.54. The van der Waals surface area contributed by atoms with Gasteiger partial charge in [-0.1, -0.05) is 141 Å². The predicted molar refractivity (Wildman–Crippen MR) is 247 cm³/mol. The molecule has 0 aliphatic heterocycles. The molecule has 0 saturated carbocycles. The molecule has 0 N–H and O–H groups in total. The fraction of sp³-hybridized carbons (Fsp3) is 0.0526. The zero-order chi connectivity index (χ0) is 39.0. The third-order valence-corrected chi connectivity index (χ3v) is 13.3. The first-order valence-corrected chi connectivity index (χ1v) is 20.5. The number of benzene rings is 10. The van der Waals surface area contributed by atoms with Crippen molar-refractivity contribution in [1.29, 1.82) is 0 Å². The third kappa shape index (κ3) is 4.69. The van der Waals surface area contributed by atoms with Crippen LogP contribution in [0.4, 0.5) is 0 Å². The lowest BCUT2D eigenvalue weighted by Crippen LogP contribution is -2.14. The van der Waals surface area contributed by atoms with E-state index in [2.05, 4.69) is 196 Å². The van der Waals surface area contributed by atoms with Gasteiger partial charge in [0, 0.05) is 27.0 Å². The SMILES string of the molecule is CC1(C)c2ccccc2-c2ccc(-c3ccc4oc5cc6c(cc5c4c3)oc3ccc(-c4cccc(-c5ccc7c8ccccc8c8ccccc8c7c5)c4)cc36)cc21. The van der Waals surface area contributed by atoms with Crippen LogP contribution in [-0.2, 0) is 5.41 Å². The summed E-state index contributed by atoms with van der Waals surface area (Å²) in [5.41, 5.74) is 16.0. The van der Waals surface area contributed by atoms with E-state index < -0.39 is 0 Å². The van der Waals surface area contributed by atoms with Crippen molar-refractivity contribution in [1.82, 2.24) is 0 Å². The third-order valence-electron chi connectivity index (χ3n) is 13.3. The van der Waals surface area contributed by atoms with Crippen molar-refractivity contribution < 1.29 is 8.83 Å². The minimum absolute atomic E-state index is 0.0487. The van der Waals surface area contributed by atoms with Gasteiger partial charge in [0.05, 0.1) is 0 Å². The summed E-state index contributed by atoms with van der Waals surface area (Å²) in [6.07, 6.45) is 0. The number of hydrogen-bond acceptors (Lipinski definition) is 2. The van der Waals surface area contributed by atoms with Crippen LogP contribution in [0, 0.1) is 0 Å². The first-order chi connectivity index (χ1) is 29.0. The Labute approximate surface area is 340 Å². The first-order valence-electron chi connectivity index (χ1n) is 20.5. The molecule has 2 aromatic heterocycles. The monoisotopic (exact) mass is 752 g/mol. The van der Waals surface area contributed by atoms with Crippen LogP contribution in [0.1, 0.15) is 25.0 Å². The van der Waals surface area contributed by atoms with Crippen LogP contribution in [0.3, 0.4) is 0 Å². The van der Waals surface area contributed by atoms with E-state index in [1.807, 2.05) is 0 Å². The topological polar surface area (TPSA) is 26.3 Å². The number of fused-ring (bicyclic) bond motifs is 15. The fourth-order valence-corrected chi connectivity index (χ4v) is 10.3. The van der Waals surface area contributed by atoms with E-state index >= 15 is 0 Å². The van der Waals surface area contributed by atoms with Crippen molar-refractivity contribution in [2.24, 2.45) is 0 Å². The van der Waals surface area contributed by atoms with Gasteiger partial charge in [-0.05, 0) is 143 Å². The minimum atomic E-state index is -0.0487. The quantitative estimate of drug-likeness (QED) is 0.168. The van der Waals surface area contributed by atoms with Crippen molar-refractivity contribution in [2.45, 2.75) is 19.3 Å². The fourth-order valence-electron chi connectivity index (χ4n) is 10.3. The van der Waals surface area contributed by atoms with Gasteiger partial charge in [0.25, 0.3) is 0 Å². The van der Waals surface area contributed by atoms with Gasteiger partial charge in [-0.25, -0.2) is 0 Å². The molecule has 0 amide bonds. The molecule has 0 saturated heterocycles. The Morgan fingerprint density at radius 1 is 0.271 bits per heavy atom. The van der Waals surface area contributed by atoms with Crippen molar-refractivity contribution >= 4 is 76.2 Å². The lowest BCUT2D eigenvalue weighted by atomic mass is 9.81. The van der Waals surface area contributed by atoms with E-state index in [9.17, 15) is 0 Å². The van der Waals surface area contributed by atoms with Gasteiger partial charge in [-0.15, -0.1) is 0 Å². The molecule has 1 aliphatic rings. The smallest absolute Gasteiger partial charge is 0.136 e. The molecule has 2 heteroatoms. The highest BCUT2D eigenvalue weighted by Gasteiger charge is 2.35. The Morgan fingerprint density at radius 2 is 0.695 bits per heavy atom. The van der Waals surface area contributed by atoms with Crippen molar-refractivity contribution in [3.05, 3.63) is 193 Å². The summed E-state index contributed by atoms with van der Waals surface area (Å²) in [4.78, 5) is 0. The summed E-state index contributed by atoms with van der Waals surface area (Å²) in [7, 11) is 0. The van der Waals surface area contributed by atoms with Crippen LogP contribution >= 0.6 is 0 Å². The largest absolute Gasteiger partial charge is 0.456 e. The molecule has 10 aromatic carbocycles. The molecule has 276 valence electrons. The number of hydrogen-bond donors (Lipinski definition) is 0. The molecule has 0 atom stereocenters. The highest BCUT2D eigenvalue weighted by atomic mass is 16.3. The van der Waals surface area contributed by atoms with Gasteiger partial charge in [-0.2, -0.15) is 0 Å². The molecule has 0 fully saturated rings. The Bertz CT molecular complexity index is 3730. The molecule has 2 nitrogen and oxygen atoms in total. The molecule has 1 aliphatic carbocycles. The summed E-state index contributed by atoms with van der Waals surface area (Å²) in [6, 6.07) is 66.5. The van der Waals surface area contributed by atoms with E-state index in [1.165, 1.54) is 82.4 Å². The number of furan rings is 2. The van der Waals surface area contributed by atoms with Crippen LogP contribution < -0.4 is 0 Å². The maximum atomic E-state index is 6.55. The second-order valence-electron chi connectivity index (χ2n) is 16.8. The van der Waals surface area contributed by atoms with Crippen LogP contribution in [0.2, 0.25) is 0 Å². The Hall–Kier alpha value is -7.42. The lowest BCUT2D eigenvalue weighted by Gasteiger charge is -2.22. The normalized spacial score (nSPS) is 13.4. The molecule has 0 bridgehead atoms. The Morgan fingerprint density at radius 3 is 1.31 bits per heavy atom. The molecular formula is C57H36O2. The van der Waals surface area contributed by atoms with Gasteiger partial charge in [0.15, 0.2) is 0 Å². The molecular weight excluding hydrogens is 717 g/mol. The van der Waals surface area contributed by atoms with Gasteiger partial charge >= 0.3 is 0 Å². The molecule has 0 unspecified atom stereocenters. The maximum absolute atomic E-state index is 6.55. The summed E-state index contributed by atoms with van der Waals surface area (Å²) in [6.45, 7) is 4.67. The van der Waals surface area contributed by atoms with Gasteiger partial charge < -0.3 is 8.83 Å². The van der Waals surface area contributed by atoms with Crippen LogP contribution in [0.5, 0.6) is 0 Å². The first kappa shape index (κ1) is 32.6. The average Bonchev–Trinajstić information content (AvgIpc) is 3.91. The summed E-state index contributed by atoms with van der Waals surface area (Å²) in [5, 5.41) is 12.0. The molecule has 12 aromatic rings. The van der Waals surface area contributed by atoms with Crippen LogP contribution in [0.15, 0.2) is 191 Å². The molecule has 0 radical (unpaired) electrons. The van der Waals surface area contributed by atoms with E-state index in [1.54, 1.807) is 0 Å². The maximum Gasteiger partial charge on any atom is 0.136 e. The molecule has 2 heterocycles. The van der Waals surface area contributed by atoms with Gasteiger partial charge in [0.1, 0.15) is 22.3 Å². The number of rotatable bonds is 3. The van der Waals surface area contributed by atoms with Gasteiger partial charge in [0.2, 0.25) is 0 Å². The molecule has 59 heavy (non-hydrogen) atoms.